The third-order valence-electron chi connectivity index (χ3n) is 5.14. The Morgan fingerprint density at radius 3 is 2.37 bits per heavy atom. The van der Waals surface area contributed by atoms with Crippen LogP contribution in [0, 0.1) is 6.92 Å². The van der Waals surface area contributed by atoms with Crippen molar-refractivity contribution < 1.29 is 9.53 Å². The predicted molar refractivity (Wildman–Crippen MR) is 113 cm³/mol. The number of carbonyl (C=O) groups excluding carboxylic acids is 1. The number of carbonyl (C=O) groups is 1. The van der Waals surface area contributed by atoms with Gasteiger partial charge in [-0.15, -0.1) is 0 Å². The first kappa shape index (κ1) is 19.0. The van der Waals surface area contributed by atoms with Crippen LogP contribution in [-0.4, -0.2) is 13.0 Å². The summed E-state index contributed by atoms with van der Waals surface area (Å²) in [6, 6.07) is 18.3. The number of benzene rings is 3. The lowest BCUT2D eigenvalue weighted by molar-refractivity contribution is -0.117. The van der Waals surface area contributed by atoms with Gasteiger partial charge in [0.15, 0.2) is 0 Å². The van der Waals surface area contributed by atoms with E-state index >= 15 is 0 Å². The zero-order chi connectivity index (χ0) is 19.6. The van der Waals surface area contributed by atoms with Gasteiger partial charge in [-0.25, -0.2) is 0 Å². The molecule has 0 saturated heterocycles. The number of hydrogen-bond acceptors (Lipinski definition) is 2. The van der Waals surface area contributed by atoms with Crippen LogP contribution in [0.4, 0.5) is 5.69 Å². The second-order valence-corrected chi connectivity index (χ2v) is 7.38. The van der Waals surface area contributed by atoms with Crippen LogP contribution in [0.25, 0.3) is 10.8 Å². The molecule has 0 heterocycles. The number of methoxy groups -OCH3 is 1. The third-order valence-corrected chi connectivity index (χ3v) is 5.14. The molecule has 0 saturated carbocycles. The highest BCUT2D eigenvalue weighted by atomic mass is 16.5. The third kappa shape index (κ3) is 3.97. The summed E-state index contributed by atoms with van der Waals surface area (Å²) in [5.41, 5.74) is 4.20. The van der Waals surface area contributed by atoms with Gasteiger partial charge in [-0.1, -0.05) is 56.3 Å². The molecule has 0 aliphatic rings. The molecular formula is C24H27NO2. The minimum absolute atomic E-state index is 0.0130. The highest BCUT2D eigenvalue weighted by molar-refractivity contribution is 5.97. The van der Waals surface area contributed by atoms with E-state index in [1.807, 2.05) is 56.3 Å². The molecule has 0 aromatic heterocycles. The maximum Gasteiger partial charge on any atom is 0.231 e. The lowest BCUT2D eigenvalue weighted by Gasteiger charge is -2.19. The maximum atomic E-state index is 12.9. The van der Waals surface area contributed by atoms with E-state index in [0.717, 1.165) is 33.3 Å². The van der Waals surface area contributed by atoms with Crippen molar-refractivity contribution in [1.82, 2.24) is 0 Å². The summed E-state index contributed by atoms with van der Waals surface area (Å²) >= 11 is 0. The second-order valence-electron chi connectivity index (χ2n) is 7.38. The Morgan fingerprint density at radius 1 is 0.963 bits per heavy atom. The summed E-state index contributed by atoms with van der Waals surface area (Å²) in [6.45, 7) is 8.28. The first-order valence-corrected chi connectivity index (χ1v) is 9.38. The van der Waals surface area contributed by atoms with Crippen molar-refractivity contribution in [3.63, 3.8) is 0 Å². The van der Waals surface area contributed by atoms with Gasteiger partial charge in [0.1, 0.15) is 5.75 Å². The molecular weight excluding hydrogens is 334 g/mol. The first-order chi connectivity index (χ1) is 12.9. The number of aryl methyl sites for hydroxylation is 1. The van der Waals surface area contributed by atoms with E-state index in [1.165, 1.54) is 5.56 Å². The molecule has 0 aliphatic carbocycles. The first-order valence-electron chi connectivity index (χ1n) is 9.38. The molecule has 27 heavy (non-hydrogen) atoms. The average Bonchev–Trinajstić information content (AvgIpc) is 2.67. The lowest BCUT2D eigenvalue weighted by Crippen LogP contribution is -2.20. The van der Waals surface area contributed by atoms with Crippen molar-refractivity contribution in [1.29, 1.82) is 0 Å². The number of fused-ring (bicyclic) bond motifs is 1. The van der Waals surface area contributed by atoms with Gasteiger partial charge < -0.3 is 10.1 Å². The van der Waals surface area contributed by atoms with E-state index < -0.39 is 0 Å². The fraction of sp³-hybridized carbons (Fsp3) is 0.292. The van der Waals surface area contributed by atoms with Gasteiger partial charge in [-0.2, -0.15) is 0 Å². The predicted octanol–water partition coefficient (Wildman–Crippen LogP) is 6.02. The van der Waals surface area contributed by atoms with Gasteiger partial charge in [-0.05, 0) is 59.4 Å². The topological polar surface area (TPSA) is 38.3 Å². The number of hydrogen-bond donors (Lipinski definition) is 1. The summed E-state index contributed by atoms with van der Waals surface area (Å²) in [5, 5.41) is 5.37. The van der Waals surface area contributed by atoms with E-state index in [4.69, 9.17) is 4.74 Å². The SMILES string of the molecule is COc1ccc2cc([C@H](C)C(=O)Nc3c(C)cccc3C(C)C)ccc2c1. The zero-order valence-electron chi connectivity index (χ0n) is 16.7. The number of nitrogens with one attached hydrogen (secondary N) is 1. The van der Waals surface area contributed by atoms with Gasteiger partial charge in [0.05, 0.1) is 13.0 Å². The fourth-order valence-electron chi connectivity index (χ4n) is 3.36. The Labute approximate surface area is 161 Å². The highest BCUT2D eigenvalue weighted by Crippen LogP contribution is 2.30. The molecule has 140 valence electrons. The summed E-state index contributed by atoms with van der Waals surface area (Å²) in [6.07, 6.45) is 0. The summed E-state index contributed by atoms with van der Waals surface area (Å²) in [7, 11) is 1.67. The smallest absolute Gasteiger partial charge is 0.231 e. The molecule has 0 unspecified atom stereocenters. The molecule has 3 nitrogen and oxygen atoms in total. The van der Waals surface area contributed by atoms with E-state index in [9.17, 15) is 4.79 Å². The van der Waals surface area contributed by atoms with Crippen molar-refractivity contribution >= 4 is 22.4 Å². The number of amides is 1. The van der Waals surface area contributed by atoms with Gasteiger partial charge in [0.2, 0.25) is 5.91 Å². The standard InChI is InChI=1S/C24H27NO2/c1-15(2)22-8-6-7-16(3)23(22)25-24(26)17(4)18-9-10-20-14-21(27-5)12-11-19(20)13-18/h6-15,17H,1-5H3,(H,25,26)/t17-/m0/s1. The quantitative estimate of drug-likeness (QED) is 0.603. The second kappa shape index (κ2) is 7.83. The molecule has 0 fully saturated rings. The van der Waals surface area contributed by atoms with Crippen molar-refractivity contribution in [3.8, 4) is 5.75 Å². The van der Waals surface area contributed by atoms with Crippen molar-refractivity contribution in [2.24, 2.45) is 0 Å². The van der Waals surface area contributed by atoms with Crippen LogP contribution in [0.3, 0.4) is 0 Å². The van der Waals surface area contributed by atoms with Gasteiger partial charge in [0, 0.05) is 5.69 Å². The van der Waals surface area contributed by atoms with Crippen LogP contribution in [0.1, 0.15) is 49.3 Å². The molecule has 1 amide bonds. The molecule has 1 atom stereocenters. The van der Waals surface area contributed by atoms with Crippen LogP contribution in [0.2, 0.25) is 0 Å². The van der Waals surface area contributed by atoms with E-state index in [-0.39, 0.29) is 11.8 Å². The maximum absolute atomic E-state index is 12.9. The summed E-state index contributed by atoms with van der Waals surface area (Å²) in [4.78, 5) is 12.9. The minimum atomic E-state index is -0.240. The van der Waals surface area contributed by atoms with Crippen molar-refractivity contribution in [2.45, 2.75) is 39.5 Å². The zero-order valence-corrected chi connectivity index (χ0v) is 16.7. The number of ether oxygens (including phenoxy) is 1. The molecule has 3 aromatic carbocycles. The minimum Gasteiger partial charge on any atom is -0.497 e. The Balaban J connectivity index is 1.87. The van der Waals surface area contributed by atoms with Gasteiger partial charge in [-0.3, -0.25) is 4.79 Å². The Bertz CT molecular complexity index is 975. The molecule has 3 heteroatoms. The molecule has 0 radical (unpaired) electrons. The average molecular weight is 361 g/mol. The molecule has 0 aliphatic heterocycles. The molecule has 3 rings (SSSR count). The number of rotatable bonds is 5. The van der Waals surface area contributed by atoms with Crippen LogP contribution >= 0.6 is 0 Å². The lowest BCUT2D eigenvalue weighted by atomic mass is 9.95. The summed E-state index contributed by atoms with van der Waals surface area (Å²) in [5.74, 6) is 0.961. The summed E-state index contributed by atoms with van der Waals surface area (Å²) < 4.78 is 5.28. The molecule has 1 N–H and O–H groups in total. The van der Waals surface area contributed by atoms with Gasteiger partial charge in [0.25, 0.3) is 0 Å². The highest BCUT2D eigenvalue weighted by Gasteiger charge is 2.19. The molecule has 3 aromatic rings. The molecule has 0 spiro atoms. The normalized spacial score (nSPS) is 12.2. The van der Waals surface area contributed by atoms with E-state index in [2.05, 4.69) is 31.3 Å². The van der Waals surface area contributed by atoms with Crippen LogP contribution in [0.15, 0.2) is 54.6 Å². The van der Waals surface area contributed by atoms with Crippen LogP contribution < -0.4 is 10.1 Å². The van der Waals surface area contributed by atoms with Crippen molar-refractivity contribution in [2.75, 3.05) is 12.4 Å². The van der Waals surface area contributed by atoms with Crippen molar-refractivity contribution in [3.05, 3.63) is 71.3 Å². The van der Waals surface area contributed by atoms with E-state index in [1.54, 1.807) is 7.11 Å². The van der Waals surface area contributed by atoms with Gasteiger partial charge >= 0.3 is 0 Å². The number of anilines is 1. The van der Waals surface area contributed by atoms with Crippen LogP contribution in [0.5, 0.6) is 5.75 Å². The Kier molecular flexibility index (Phi) is 5.50. The molecule has 0 bridgehead atoms. The largest absolute Gasteiger partial charge is 0.497 e. The number of para-hydroxylation sites is 1. The Hall–Kier alpha value is -2.81. The van der Waals surface area contributed by atoms with Crippen LogP contribution in [-0.2, 0) is 4.79 Å². The van der Waals surface area contributed by atoms with E-state index in [0.29, 0.717) is 5.92 Å². The fourth-order valence-corrected chi connectivity index (χ4v) is 3.36. The Morgan fingerprint density at radius 2 is 1.67 bits per heavy atom. The monoisotopic (exact) mass is 361 g/mol.